The smallest absolute Gasteiger partial charge is 0.446 e. The lowest BCUT2D eigenvalue weighted by Gasteiger charge is -2.38. The van der Waals surface area contributed by atoms with E-state index in [-0.39, 0.29) is 6.04 Å². The lowest BCUT2D eigenvalue weighted by molar-refractivity contribution is 0.00578. The van der Waals surface area contributed by atoms with Gasteiger partial charge in [-0.1, -0.05) is 50.6 Å². The number of nitrogens with zero attached hydrogens (tertiary/aromatic N) is 1. The van der Waals surface area contributed by atoms with E-state index >= 15 is 0 Å². The van der Waals surface area contributed by atoms with Gasteiger partial charge in [-0.25, -0.2) is 0 Å². The van der Waals surface area contributed by atoms with Crippen LogP contribution in [0.2, 0.25) is 0 Å². The molecule has 0 spiro atoms. The molecule has 0 radical (unpaired) electrons. The Morgan fingerprint density at radius 2 is 1.65 bits per heavy atom. The molecule has 2 aliphatic heterocycles. The van der Waals surface area contributed by atoms with Gasteiger partial charge in [0.05, 0.1) is 17.2 Å². The fraction of sp³-hybridized carbons (Fsp3) is 0.613. The van der Waals surface area contributed by atoms with Crippen molar-refractivity contribution in [3.05, 3.63) is 59.7 Å². The summed E-state index contributed by atoms with van der Waals surface area (Å²) in [7, 11) is -0.429. The number of para-hydroxylation sites is 1. The van der Waals surface area contributed by atoms with Crippen molar-refractivity contribution >= 4 is 18.3 Å². The van der Waals surface area contributed by atoms with Crippen LogP contribution in [0.1, 0.15) is 88.5 Å². The van der Waals surface area contributed by atoms with Crippen molar-refractivity contribution in [3.8, 4) is 0 Å². The summed E-state index contributed by atoms with van der Waals surface area (Å²) in [4.78, 5) is 2.28. The molecule has 2 aliphatic rings. The number of anilines is 1. The molecule has 0 saturated carbocycles. The highest BCUT2D eigenvalue weighted by Gasteiger charge is 2.52. The van der Waals surface area contributed by atoms with Gasteiger partial charge in [0.25, 0.3) is 0 Å². The molecule has 1 N–H and O–H groups in total. The quantitative estimate of drug-likeness (QED) is 0.220. The van der Waals surface area contributed by atoms with E-state index in [1.807, 2.05) is 12.1 Å². The Labute approximate surface area is 226 Å². The standard InChI is InChI=1S/C31H49BN2O3/c1-12-28(35-24(5)34-19-17-29(6,7)18-20-34)25(21-22(2)3)23(4)33-27-16-14-13-15-26(27)32-36-30(8,9)31(10,11)37-32/h13-16,21,23,33H,5,12,17-20H2,1-4,6-11H3/b28-25-/t23-/m1/s1. The van der Waals surface area contributed by atoms with Gasteiger partial charge in [-0.3, -0.25) is 0 Å². The van der Waals surface area contributed by atoms with Crippen molar-refractivity contribution in [3.63, 3.8) is 0 Å². The Morgan fingerprint density at radius 3 is 2.19 bits per heavy atom. The fourth-order valence-corrected chi connectivity index (χ4v) is 4.78. The molecular formula is C31H49BN2O3. The van der Waals surface area contributed by atoms with Crippen molar-refractivity contribution in [1.29, 1.82) is 0 Å². The minimum Gasteiger partial charge on any atom is -0.446 e. The third kappa shape index (κ3) is 7.03. The van der Waals surface area contributed by atoms with Crippen molar-refractivity contribution in [1.82, 2.24) is 4.90 Å². The molecule has 0 bridgehead atoms. The first-order valence-electron chi connectivity index (χ1n) is 13.9. The first-order chi connectivity index (χ1) is 17.2. The van der Waals surface area contributed by atoms with Gasteiger partial charge in [0.2, 0.25) is 0 Å². The van der Waals surface area contributed by atoms with Gasteiger partial charge in [0, 0.05) is 36.2 Å². The van der Waals surface area contributed by atoms with Crippen LogP contribution in [-0.2, 0) is 14.0 Å². The van der Waals surface area contributed by atoms with Crippen LogP contribution in [0.3, 0.4) is 0 Å². The van der Waals surface area contributed by atoms with Gasteiger partial charge in [0.1, 0.15) is 5.76 Å². The number of rotatable bonds is 9. The normalized spacial score (nSPS) is 21.7. The third-order valence-electron chi connectivity index (χ3n) is 8.10. The van der Waals surface area contributed by atoms with E-state index in [1.165, 1.54) is 5.57 Å². The highest BCUT2D eigenvalue weighted by molar-refractivity contribution is 6.64. The van der Waals surface area contributed by atoms with Crippen LogP contribution in [0.25, 0.3) is 0 Å². The predicted octanol–water partition coefficient (Wildman–Crippen LogP) is 7.03. The van der Waals surface area contributed by atoms with Crippen LogP contribution in [0.4, 0.5) is 5.69 Å². The van der Waals surface area contributed by atoms with Crippen molar-refractivity contribution in [2.24, 2.45) is 5.41 Å². The fourth-order valence-electron chi connectivity index (χ4n) is 4.78. The molecule has 2 fully saturated rings. The van der Waals surface area contributed by atoms with Crippen molar-refractivity contribution in [2.45, 2.75) is 106 Å². The number of hydrogen-bond donors (Lipinski definition) is 1. The van der Waals surface area contributed by atoms with Crippen LogP contribution in [-0.4, -0.2) is 42.4 Å². The Bertz CT molecular complexity index is 1010. The SMILES string of the molecule is C=C(O/C(CC)=C(/C=C(C)C)[C@@H](C)Nc1ccccc1B1OC(C)(C)C(C)(C)O1)N1CCC(C)(C)CC1. The van der Waals surface area contributed by atoms with E-state index < -0.39 is 18.3 Å². The Hall–Kier alpha value is -2.18. The van der Waals surface area contributed by atoms with Crippen LogP contribution in [0.15, 0.2) is 59.7 Å². The molecule has 37 heavy (non-hydrogen) atoms. The average molecular weight is 509 g/mol. The Balaban J connectivity index is 1.85. The number of likely N-dealkylation sites (tertiary alicyclic amines) is 1. The topological polar surface area (TPSA) is 43.0 Å². The van der Waals surface area contributed by atoms with E-state index in [9.17, 15) is 0 Å². The lowest BCUT2D eigenvalue weighted by atomic mass is 9.77. The van der Waals surface area contributed by atoms with Gasteiger partial charge >= 0.3 is 7.12 Å². The van der Waals surface area contributed by atoms with Crippen LogP contribution >= 0.6 is 0 Å². The molecule has 1 aromatic rings. The van der Waals surface area contributed by atoms with E-state index in [0.717, 1.165) is 60.7 Å². The predicted molar refractivity (Wildman–Crippen MR) is 157 cm³/mol. The maximum absolute atomic E-state index is 6.49. The second kappa shape index (κ2) is 11.3. The molecule has 5 nitrogen and oxygen atoms in total. The molecule has 1 aromatic carbocycles. The summed E-state index contributed by atoms with van der Waals surface area (Å²) >= 11 is 0. The summed E-state index contributed by atoms with van der Waals surface area (Å²) in [5.41, 5.74) is 3.96. The molecule has 0 aromatic heterocycles. The molecule has 2 heterocycles. The van der Waals surface area contributed by atoms with E-state index in [1.54, 1.807) is 0 Å². The minimum atomic E-state index is -0.429. The van der Waals surface area contributed by atoms with Gasteiger partial charge in [-0.15, -0.1) is 0 Å². The summed E-state index contributed by atoms with van der Waals surface area (Å²) in [6, 6.07) is 8.26. The Morgan fingerprint density at radius 1 is 1.08 bits per heavy atom. The first-order valence-corrected chi connectivity index (χ1v) is 13.9. The van der Waals surface area contributed by atoms with Crippen LogP contribution < -0.4 is 10.8 Å². The lowest BCUT2D eigenvalue weighted by Crippen LogP contribution is -2.41. The summed E-state index contributed by atoms with van der Waals surface area (Å²) in [5.74, 6) is 1.70. The van der Waals surface area contributed by atoms with Crippen molar-refractivity contribution in [2.75, 3.05) is 18.4 Å². The molecule has 6 heteroatoms. The number of ether oxygens (including phenoxy) is 1. The number of hydrogen-bond acceptors (Lipinski definition) is 5. The van der Waals surface area contributed by atoms with Gasteiger partial charge in [-0.2, -0.15) is 0 Å². The second-order valence-electron chi connectivity index (χ2n) is 12.6. The van der Waals surface area contributed by atoms with Crippen LogP contribution in [0, 0.1) is 5.41 Å². The average Bonchev–Trinajstić information content (AvgIpc) is 3.02. The van der Waals surface area contributed by atoms with Gasteiger partial charge in [-0.05, 0) is 79.4 Å². The maximum Gasteiger partial charge on any atom is 0.496 e. The molecule has 2 saturated heterocycles. The summed E-state index contributed by atoms with van der Waals surface area (Å²) < 4.78 is 19.2. The zero-order chi connectivity index (χ0) is 27.6. The number of benzene rings is 1. The van der Waals surface area contributed by atoms with E-state index in [4.69, 9.17) is 14.0 Å². The zero-order valence-corrected chi connectivity index (χ0v) is 25.0. The maximum atomic E-state index is 6.49. The zero-order valence-electron chi connectivity index (χ0n) is 25.0. The summed E-state index contributed by atoms with van der Waals surface area (Å²) in [6.07, 6.45) is 5.30. The highest BCUT2D eigenvalue weighted by atomic mass is 16.7. The molecule has 1 atom stereocenters. The molecule has 0 unspecified atom stereocenters. The number of piperidine rings is 1. The summed E-state index contributed by atoms with van der Waals surface area (Å²) in [5, 5.41) is 3.74. The molecule has 204 valence electrons. The third-order valence-corrected chi connectivity index (χ3v) is 8.10. The Kier molecular flexibility index (Phi) is 8.96. The molecule has 0 amide bonds. The second-order valence-corrected chi connectivity index (χ2v) is 12.6. The van der Waals surface area contributed by atoms with Gasteiger partial charge in [0.15, 0.2) is 5.88 Å². The number of allylic oxidation sites excluding steroid dienone is 2. The highest BCUT2D eigenvalue weighted by Crippen LogP contribution is 2.37. The van der Waals surface area contributed by atoms with Gasteiger partial charge < -0.3 is 24.3 Å². The van der Waals surface area contributed by atoms with E-state index in [2.05, 4.69) is 104 Å². The molecular weight excluding hydrogens is 459 g/mol. The monoisotopic (exact) mass is 508 g/mol. The largest absolute Gasteiger partial charge is 0.496 e. The molecule has 3 rings (SSSR count). The molecule has 0 aliphatic carbocycles. The van der Waals surface area contributed by atoms with Crippen molar-refractivity contribution < 1.29 is 14.0 Å². The van der Waals surface area contributed by atoms with E-state index in [0.29, 0.717) is 5.41 Å². The summed E-state index contributed by atoms with van der Waals surface area (Å²) in [6.45, 7) is 27.9. The van der Waals surface area contributed by atoms with Crippen LogP contribution in [0.5, 0.6) is 0 Å². The number of nitrogens with one attached hydrogen (secondary N) is 1. The first kappa shape index (κ1) is 29.4. The minimum absolute atomic E-state index is 0.00140.